The normalized spacial score (nSPS) is 11.8. The van der Waals surface area contributed by atoms with E-state index in [1.807, 2.05) is 13.8 Å². The Bertz CT molecular complexity index is 270. The Morgan fingerprint density at radius 3 is 2.00 bits per heavy atom. The zero-order chi connectivity index (χ0) is 14.7. The first-order valence-corrected chi connectivity index (χ1v) is 7.49. The van der Waals surface area contributed by atoms with E-state index < -0.39 is 18.0 Å². The quantitative estimate of drug-likeness (QED) is 0.291. The van der Waals surface area contributed by atoms with Crippen LogP contribution in [0.5, 0.6) is 0 Å². The molecular formula is C15H30NNaO3. The van der Waals surface area contributed by atoms with Crippen molar-refractivity contribution in [1.29, 1.82) is 0 Å². The molecule has 0 radical (unpaired) electrons. The van der Waals surface area contributed by atoms with Gasteiger partial charge < -0.3 is 10.5 Å². The molecule has 4 nitrogen and oxygen atoms in total. The summed E-state index contributed by atoms with van der Waals surface area (Å²) in [5.74, 6) is -1.07. The van der Waals surface area contributed by atoms with Crippen LogP contribution in [0.3, 0.4) is 0 Å². The van der Waals surface area contributed by atoms with E-state index in [-0.39, 0.29) is 35.5 Å². The Morgan fingerprint density at radius 2 is 1.50 bits per heavy atom. The first-order chi connectivity index (χ1) is 8.99. The minimum absolute atomic E-state index is 0. The summed E-state index contributed by atoms with van der Waals surface area (Å²) in [5.41, 5.74) is 5.60. The Labute approximate surface area is 145 Å². The molecule has 2 N–H and O–H groups in total. The molecule has 0 fully saturated rings. The number of unbranched alkanes of at least 4 members (excludes halogenated alkanes) is 6. The summed E-state index contributed by atoms with van der Waals surface area (Å²) in [4.78, 5) is 22.9. The molecule has 0 saturated heterocycles. The summed E-state index contributed by atoms with van der Waals surface area (Å²) in [7, 11) is 0. The van der Waals surface area contributed by atoms with Gasteiger partial charge in [-0.2, -0.15) is 0 Å². The van der Waals surface area contributed by atoms with Crippen LogP contribution in [0, 0.1) is 5.92 Å². The molecular weight excluding hydrogens is 265 g/mol. The third-order valence-electron chi connectivity index (χ3n) is 3.19. The second kappa shape index (κ2) is 14.1. The third kappa shape index (κ3) is 11.9. The average molecular weight is 295 g/mol. The number of rotatable bonds is 10. The fraction of sp³-hybridized carbons (Fsp3) is 0.867. The number of carbonyl (C=O) groups is 2. The summed E-state index contributed by atoms with van der Waals surface area (Å²) in [6.07, 6.45) is 8.27. The third-order valence-corrected chi connectivity index (χ3v) is 3.19. The average Bonchev–Trinajstić information content (AvgIpc) is 2.36. The van der Waals surface area contributed by atoms with E-state index in [2.05, 4.69) is 6.92 Å². The maximum absolute atomic E-state index is 11.4. The van der Waals surface area contributed by atoms with Crippen molar-refractivity contribution in [2.75, 3.05) is 0 Å². The van der Waals surface area contributed by atoms with Gasteiger partial charge in [-0.15, -0.1) is 0 Å². The second-order valence-corrected chi connectivity index (χ2v) is 5.43. The number of carbonyl (C=O) groups excluding carboxylic acids is 2. The number of esters is 2. The van der Waals surface area contributed by atoms with Crippen molar-refractivity contribution < 1.29 is 14.3 Å². The number of hydrogen-bond acceptors (Lipinski definition) is 4. The Morgan fingerprint density at radius 1 is 1.00 bits per heavy atom. The number of ether oxygens (including phenoxy) is 1. The van der Waals surface area contributed by atoms with Crippen LogP contribution in [-0.4, -0.2) is 47.5 Å². The molecule has 5 heteroatoms. The van der Waals surface area contributed by atoms with E-state index in [1.165, 1.54) is 25.7 Å². The first-order valence-electron chi connectivity index (χ1n) is 7.49. The molecule has 0 aromatic carbocycles. The zero-order valence-corrected chi connectivity index (χ0v) is 12.6. The van der Waals surface area contributed by atoms with Gasteiger partial charge in [-0.25, -0.2) is 4.79 Å². The molecule has 0 saturated carbocycles. The molecule has 20 heavy (non-hydrogen) atoms. The molecule has 0 aromatic rings. The molecule has 0 rings (SSSR count). The van der Waals surface area contributed by atoms with Gasteiger partial charge >= 0.3 is 41.5 Å². The van der Waals surface area contributed by atoms with Crippen LogP contribution in [0.15, 0.2) is 0 Å². The van der Waals surface area contributed by atoms with Crippen LogP contribution in [0.4, 0.5) is 0 Å². The monoisotopic (exact) mass is 295 g/mol. The van der Waals surface area contributed by atoms with Crippen molar-refractivity contribution in [2.24, 2.45) is 11.7 Å². The predicted octanol–water partition coefficient (Wildman–Crippen LogP) is 2.53. The SMILES string of the molecule is CCCCCCCCCC(=O)OC(=O)C(N)C(C)C.[NaH]. The van der Waals surface area contributed by atoms with Crippen LogP contribution in [-0.2, 0) is 14.3 Å². The molecule has 1 unspecified atom stereocenters. The van der Waals surface area contributed by atoms with Crippen molar-refractivity contribution in [1.82, 2.24) is 0 Å². The van der Waals surface area contributed by atoms with Crippen molar-refractivity contribution in [2.45, 2.75) is 78.2 Å². The molecule has 0 spiro atoms. The van der Waals surface area contributed by atoms with E-state index in [1.54, 1.807) is 0 Å². The van der Waals surface area contributed by atoms with Crippen LogP contribution >= 0.6 is 0 Å². The van der Waals surface area contributed by atoms with Crippen LogP contribution in [0.2, 0.25) is 0 Å². The number of hydrogen-bond donors (Lipinski definition) is 1. The molecule has 0 aliphatic heterocycles. The molecule has 1 atom stereocenters. The van der Waals surface area contributed by atoms with Gasteiger partial charge in [0.2, 0.25) is 0 Å². The van der Waals surface area contributed by atoms with Gasteiger partial charge in [0.1, 0.15) is 6.04 Å². The van der Waals surface area contributed by atoms with E-state index in [0.717, 1.165) is 19.3 Å². The zero-order valence-electron chi connectivity index (χ0n) is 12.6. The van der Waals surface area contributed by atoms with Gasteiger partial charge in [0, 0.05) is 6.42 Å². The minimum atomic E-state index is -0.710. The van der Waals surface area contributed by atoms with Crippen molar-refractivity contribution in [3.63, 3.8) is 0 Å². The van der Waals surface area contributed by atoms with Crippen molar-refractivity contribution in [3.8, 4) is 0 Å². The van der Waals surface area contributed by atoms with Gasteiger partial charge in [-0.1, -0.05) is 59.3 Å². The molecule has 114 valence electrons. The summed E-state index contributed by atoms with van der Waals surface area (Å²) < 4.78 is 4.72. The molecule has 0 aromatic heterocycles. The number of nitrogens with two attached hydrogens (primary N) is 1. The summed E-state index contributed by atoms with van der Waals surface area (Å²) in [5, 5.41) is 0. The predicted molar refractivity (Wildman–Crippen MR) is 83.7 cm³/mol. The fourth-order valence-electron chi connectivity index (χ4n) is 1.73. The van der Waals surface area contributed by atoms with E-state index >= 15 is 0 Å². The first kappa shape index (κ1) is 22.4. The molecule has 0 heterocycles. The van der Waals surface area contributed by atoms with Crippen molar-refractivity contribution in [3.05, 3.63) is 0 Å². The van der Waals surface area contributed by atoms with Crippen LogP contribution in [0.25, 0.3) is 0 Å². The van der Waals surface area contributed by atoms with Crippen LogP contribution < -0.4 is 5.73 Å². The van der Waals surface area contributed by atoms with Gasteiger partial charge in [0.05, 0.1) is 0 Å². The van der Waals surface area contributed by atoms with Crippen molar-refractivity contribution >= 4 is 41.5 Å². The molecule has 0 aliphatic carbocycles. The maximum atomic E-state index is 11.4. The van der Waals surface area contributed by atoms with Gasteiger partial charge in [-0.05, 0) is 12.3 Å². The molecule has 0 bridgehead atoms. The molecule has 0 amide bonds. The standard InChI is InChI=1S/C15H29NO3.Na.H/c1-4-5-6-7-8-9-10-11-13(17)19-15(18)14(16)12(2)3;;/h12,14H,4-11,16H2,1-3H3;;. The van der Waals surface area contributed by atoms with E-state index in [0.29, 0.717) is 6.42 Å². The van der Waals surface area contributed by atoms with E-state index in [9.17, 15) is 9.59 Å². The Kier molecular flexibility index (Phi) is 15.7. The summed E-state index contributed by atoms with van der Waals surface area (Å²) >= 11 is 0. The topological polar surface area (TPSA) is 69.4 Å². The molecule has 0 aliphatic rings. The van der Waals surface area contributed by atoms with Gasteiger partial charge in [0.25, 0.3) is 0 Å². The Balaban J connectivity index is 0. The van der Waals surface area contributed by atoms with E-state index in [4.69, 9.17) is 10.5 Å². The van der Waals surface area contributed by atoms with Gasteiger partial charge in [-0.3, -0.25) is 4.79 Å². The summed E-state index contributed by atoms with van der Waals surface area (Å²) in [6, 6.07) is -0.710. The fourth-order valence-corrected chi connectivity index (χ4v) is 1.73. The van der Waals surface area contributed by atoms with Gasteiger partial charge in [0.15, 0.2) is 0 Å². The second-order valence-electron chi connectivity index (χ2n) is 5.43. The van der Waals surface area contributed by atoms with Crippen LogP contribution in [0.1, 0.15) is 72.1 Å². The Hall–Kier alpha value is 0.1000. The summed E-state index contributed by atoms with van der Waals surface area (Å²) in [6.45, 7) is 5.84.